The van der Waals surface area contributed by atoms with Gasteiger partial charge >= 0.3 is 0 Å². The van der Waals surface area contributed by atoms with Gasteiger partial charge in [0.2, 0.25) is 0 Å². The highest BCUT2D eigenvalue weighted by atomic mass is 35.5. The zero-order chi connectivity index (χ0) is 17.4. The molecule has 0 bridgehead atoms. The number of fused-ring (bicyclic) bond motifs is 1. The van der Waals surface area contributed by atoms with Gasteiger partial charge in [-0.2, -0.15) is 0 Å². The molecule has 0 unspecified atom stereocenters. The van der Waals surface area contributed by atoms with Crippen molar-refractivity contribution in [2.24, 2.45) is 0 Å². The summed E-state index contributed by atoms with van der Waals surface area (Å²) in [5, 5.41) is 3.41. The van der Waals surface area contributed by atoms with Gasteiger partial charge in [0.25, 0.3) is 5.56 Å². The highest BCUT2D eigenvalue weighted by Gasteiger charge is 2.11. The zero-order valence-electron chi connectivity index (χ0n) is 13.2. The molecule has 0 radical (unpaired) electrons. The van der Waals surface area contributed by atoms with Crippen LogP contribution in [0.2, 0.25) is 5.02 Å². The monoisotopic (exact) mass is 388 g/mol. The van der Waals surface area contributed by atoms with E-state index in [1.807, 2.05) is 41.3 Å². The maximum atomic E-state index is 12.1. The van der Waals surface area contributed by atoms with Crippen LogP contribution in [0.5, 0.6) is 0 Å². The maximum Gasteiger partial charge on any atom is 0.258 e. The molecule has 0 N–H and O–H groups in total. The summed E-state index contributed by atoms with van der Waals surface area (Å²) in [7, 11) is 0. The molecule has 0 aliphatic carbocycles. The lowest BCUT2D eigenvalue weighted by atomic mass is 10.2. The second-order valence-electron chi connectivity index (χ2n) is 5.39. The fourth-order valence-corrected chi connectivity index (χ4v) is 4.30. The topological polar surface area (TPSA) is 52.2 Å². The molecule has 126 valence electrons. The molecule has 4 aromatic rings. The third kappa shape index (κ3) is 3.10. The van der Waals surface area contributed by atoms with Crippen molar-refractivity contribution in [2.45, 2.75) is 17.8 Å². The van der Waals surface area contributed by atoms with E-state index in [0.717, 1.165) is 27.1 Å². The first-order chi connectivity index (χ1) is 12.1. The number of halogens is 1. The van der Waals surface area contributed by atoms with Crippen molar-refractivity contribution in [1.29, 1.82) is 0 Å². The predicted octanol–water partition coefficient (Wildman–Crippen LogP) is 4.20. The average Bonchev–Trinajstić information content (AvgIpc) is 3.24. The van der Waals surface area contributed by atoms with Crippen molar-refractivity contribution in [3.63, 3.8) is 0 Å². The van der Waals surface area contributed by atoms with E-state index >= 15 is 0 Å². The van der Waals surface area contributed by atoms with Crippen LogP contribution in [0.15, 0.2) is 58.2 Å². The molecule has 3 aromatic heterocycles. The molecule has 0 atom stereocenters. The van der Waals surface area contributed by atoms with Crippen molar-refractivity contribution in [2.75, 3.05) is 0 Å². The minimum absolute atomic E-state index is 0.0594. The van der Waals surface area contributed by atoms with Crippen molar-refractivity contribution in [3.8, 4) is 5.69 Å². The highest BCUT2D eigenvalue weighted by molar-refractivity contribution is 7.98. The molecule has 5 nitrogen and oxygen atoms in total. The standard InChI is InChI=1S/C17H13ClN4OS2/c1-11-13(18)3-2-4-14(11)21-6-5-19-16(21)25-10-12-9-15(23)22-7-8-24-17(22)20-12/h2-9H,10H2,1H3. The molecule has 0 saturated carbocycles. The number of hydrogen-bond donors (Lipinski definition) is 0. The second kappa shape index (κ2) is 6.67. The van der Waals surface area contributed by atoms with Gasteiger partial charge in [-0.25, -0.2) is 9.97 Å². The minimum Gasteiger partial charge on any atom is -0.295 e. The molecular formula is C17H13ClN4OS2. The Labute approximate surface area is 156 Å². The number of imidazole rings is 1. The molecule has 25 heavy (non-hydrogen) atoms. The summed E-state index contributed by atoms with van der Waals surface area (Å²) < 4.78 is 3.55. The first-order valence-electron chi connectivity index (χ1n) is 7.51. The Balaban J connectivity index is 1.63. The quantitative estimate of drug-likeness (QED) is 0.492. The lowest BCUT2D eigenvalue weighted by Gasteiger charge is -2.11. The number of thioether (sulfide) groups is 1. The van der Waals surface area contributed by atoms with Gasteiger partial charge in [0.1, 0.15) is 0 Å². The van der Waals surface area contributed by atoms with Crippen LogP contribution in [0.3, 0.4) is 0 Å². The zero-order valence-corrected chi connectivity index (χ0v) is 15.6. The third-order valence-corrected chi connectivity index (χ3v) is 5.98. The minimum atomic E-state index is -0.0594. The number of hydrogen-bond acceptors (Lipinski definition) is 5. The summed E-state index contributed by atoms with van der Waals surface area (Å²) in [4.78, 5) is 21.7. The number of rotatable bonds is 4. The summed E-state index contributed by atoms with van der Waals surface area (Å²) in [5.41, 5.74) is 2.68. The van der Waals surface area contributed by atoms with Crippen molar-refractivity contribution < 1.29 is 0 Å². The van der Waals surface area contributed by atoms with Crippen molar-refractivity contribution >= 4 is 39.7 Å². The predicted molar refractivity (Wildman–Crippen MR) is 102 cm³/mol. The van der Waals surface area contributed by atoms with Gasteiger partial charge in [-0.1, -0.05) is 29.4 Å². The number of thiazole rings is 1. The van der Waals surface area contributed by atoms with Gasteiger partial charge in [0.15, 0.2) is 10.1 Å². The first-order valence-corrected chi connectivity index (χ1v) is 9.75. The third-order valence-electron chi connectivity index (χ3n) is 3.81. The van der Waals surface area contributed by atoms with Crippen molar-refractivity contribution in [3.05, 3.63) is 74.9 Å². The smallest absolute Gasteiger partial charge is 0.258 e. The number of nitrogens with zero attached hydrogens (tertiary/aromatic N) is 4. The molecule has 0 amide bonds. The highest BCUT2D eigenvalue weighted by Crippen LogP contribution is 2.28. The van der Waals surface area contributed by atoms with E-state index in [1.54, 1.807) is 22.9 Å². The largest absolute Gasteiger partial charge is 0.295 e. The van der Waals surface area contributed by atoms with E-state index in [0.29, 0.717) is 10.7 Å². The molecule has 0 aliphatic heterocycles. The number of benzene rings is 1. The van der Waals surface area contributed by atoms with Gasteiger partial charge in [-0.05, 0) is 24.6 Å². The fourth-order valence-electron chi connectivity index (χ4n) is 2.54. The Morgan fingerprint density at radius 2 is 2.20 bits per heavy atom. The van der Waals surface area contributed by atoms with Crippen LogP contribution in [-0.2, 0) is 5.75 Å². The summed E-state index contributed by atoms with van der Waals surface area (Å²) in [6, 6.07) is 7.38. The lowest BCUT2D eigenvalue weighted by molar-refractivity contribution is 0.886. The molecule has 3 heterocycles. The molecule has 1 aromatic carbocycles. The van der Waals surface area contributed by atoms with Crippen LogP contribution in [-0.4, -0.2) is 18.9 Å². The van der Waals surface area contributed by atoms with Crippen LogP contribution in [0.25, 0.3) is 10.6 Å². The van der Waals surface area contributed by atoms with Gasteiger partial charge in [-0.3, -0.25) is 13.8 Å². The van der Waals surface area contributed by atoms with Crippen LogP contribution in [0.4, 0.5) is 0 Å². The van der Waals surface area contributed by atoms with Crippen molar-refractivity contribution in [1.82, 2.24) is 18.9 Å². The molecular weight excluding hydrogens is 376 g/mol. The van der Waals surface area contributed by atoms with E-state index in [9.17, 15) is 4.79 Å². The normalized spacial score (nSPS) is 11.3. The molecule has 4 rings (SSSR count). The molecule has 0 fully saturated rings. The Kier molecular flexibility index (Phi) is 4.37. The molecule has 0 aliphatic rings. The average molecular weight is 389 g/mol. The number of aromatic nitrogens is 4. The van der Waals surface area contributed by atoms with E-state index < -0.39 is 0 Å². The molecule has 0 spiro atoms. The SMILES string of the molecule is Cc1c(Cl)cccc1-n1ccnc1SCc1cc(=O)n2ccsc2n1. The fraction of sp³-hybridized carbons (Fsp3) is 0.118. The summed E-state index contributed by atoms with van der Waals surface area (Å²) in [6.45, 7) is 1.99. The van der Waals surface area contributed by atoms with Gasteiger partial charge < -0.3 is 0 Å². The second-order valence-corrected chi connectivity index (χ2v) is 7.62. The first kappa shape index (κ1) is 16.4. The Bertz CT molecular complexity index is 1120. The van der Waals surface area contributed by atoms with Crippen LogP contribution < -0.4 is 5.56 Å². The van der Waals surface area contributed by atoms with Gasteiger partial charge in [-0.15, -0.1) is 11.3 Å². The van der Waals surface area contributed by atoms with E-state index in [2.05, 4.69) is 9.97 Å². The summed E-state index contributed by atoms with van der Waals surface area (Å²) in [5.74, 6) is 0.570. The molecule has 0 saturated heterocycles. The van der Waals surface area contributed by atoms with Gasteiger partial charge in [0.05, 0.1) is 11.4 Å². The van der Waals surface area contributed by atoms with Crippen LogP contribution in [0, 0.1) is 6.92 Å². The molecule has 8 heteroatoms. The van der Waals surface area contributed by atoms with Crippen LogP contribution in [0.1, 0.15) is 11.3 Å². The Morgan fingerprint density at radius 3 is 3.08 bits per heavy atom. The van der Waals surface area contributed by atoms with Gasteiger partial charge in [0, 0.05) is 40.8 Å². The van der Waals surface area contributed by atoms with E-state index in [4.69, 9.17) is 11.6 Å². The lowest BCUT2D eigenvalue weighted by Crippen LogP contribution is -2.12. The summed E-state index contributed by atoms with van der Waals surface area (Å²) in [6.07, 6.45) is 5.40. The van der Waals surface area contributed by atoms with Crippen LogP contribution >= 0.6 is 34.7 Å². The Morgan fingerprint density at radius 1 is 1.32 bits per heavy atom. The Hall–Kier alpha value is -2.09. The summed E-state index contributed by atoms with van der Waals surface area (Å²) >= 11 is 9.22. The van der Waals surface area contributed by atoms with E-state index in [1.165, 1.54) is 23.1 Å². The van der Waals surface area contributed by atoms with E-state index in [-0.39, 0.29) is 5.56 Å². The maximum absolute atomic E-state index is 12.1.